The average Bonchev–Trinajstić information content (AvgIpc) is 2.72. The lowest BCUT2D eigenvalue weighted by atomic mass is 10.1. The lowest BCUT2D eigenvalue weighted by Gasteiger charge is -2.09. The minimum Gasteiger partial charge on any atom is -0.311 e. The van der Waals surface area contributed by atoms with E-state index in [-0.39, 0.29) is 9.92 Å². The molecule has 0 bridgehead atoms. The SMILES string of the molecule is CCC(=Cc1csc([N+](=O)[O-])c1)CNC(C)C. The van der Waals surface area contributed by atoms with Crippen LogP contribution < -0.4 is 5.32 Å². The summed E-state index contributed by atoms with van der Waals surface area (Å²) in [6.07, 6.45) is 2.97. The molecule has 0 aliphatic rings. The van der Waals surface area contributed by atoms with E-state index < -0.39 is 0 Å². The summed E-state index contributed by atoms with van der Waals surface area (Å²) >= 11 is 1.17. The molecule has 0 spiro atoms. The standard InChI is InChI=1S/C12H18N2O2S/c1-4-10(7-13-9(2)3)5-11-6-12(14(15)16)17-8-11/h5-6,8-9,13H,4,7H2,1-3H3. The Bertz CT molecular complexity index is 410. The summed E-state index contributed by atoms with van der Waals surface area (Å²) < 4.78 is 0. The fraction of sp³-hybridized carbons (Fsp3) is 0.500. The average molecular weight is 254 g/mol. The van der Waals surface area contributed by atoms with E-state index in [0.29, 0.717) is 6.04 Å². The summed E-state index contributed by atoms with van der Waals surface area (Å²) in [6, 6.07) is 2.07. The predicted molar refractivity (Wildman–Crippen MR) is 72.4 cm³/mol. The van der Waals surface area contributed by atoms with E-state index >= 15 is 0 Å². The number of rotatable bonds is 6. The summed E-state index contributed by atoms with van der Waals surface area (Å²) in [5.74, 6) is 0. The molecule has 0 fully saturated rings. The molecule has 0 aliphatic heterocycles. The highest BCUT2D eigenvalue weighted by Gasteiger charge is 2.08. The molecule has 1 aromatic rings. The monoisotopic (exact) mass is 254 g/mol. The van der Waals surface area contributed by atoms with Crippen LogP contribution in [0.4, 0.5) is 5.00 Å². The number of thiophene rings is 1. The third-order valence-electron chi connectivity index (χ3n) is 2.35. The zero-order valence-corrected chi connectivity index (χ0v) is 11.2. The van der Waals surface area contributed by atoms with Crippen molar-refractivity contribution >= 4 is 22.4 Å². The smallest absolute Gasteiger partial charge is 0.311 e. The fourth-order valence-corrected chi connectivity index (χ4v) is 2.04. The third kappa shape index (κ3) is 4.66. The first-order valence-corrected chi connectivity index (χ1v) is 6.56. The van der Waals surface area contributed by atoms with Crippen LogP contribution in [0.15, 0.2) is 17.0 Å². The topological polar surface area (TPSA) is 55.2 Å². The molecule has 4 nitrogen and oxygen atoms in total. The van der Waals surface area contributed by atoms with Crippen LogP contribution in [0.3, 0.4) is 0 Å². The van der Waals surface area contributed by atoms with Gasteiger partial charge in [-0.25, -0.2) is 0 Å². The molecule has 1 heterocycles. The lowest BCUT2D eigenvalue weighted by Crippen LogP contribution is -2.24. The van der Waals surface area contributed by atoms with E-state index in [1.165, 1.54) is 16.9 Å². The Balaban J connectivity index is 2.72. The maximum atomic E-state index is 10.6. The first-order chi connectivity index (χ1) is 8.02. The molecular formula is C12H18N2O2S. The van der Waals surface area contributed by atoms with Crippen LogP contribution in [0.1, 0.15) is 32.8 Å². The molecule has 0 saturated carbocycles. The second-order valence-corrected chi connectivity index (χ2v) is 5.06. The second-order valence-electron chi connectivity index (χ2n) is 4.17. The van der Waals surface area contributed by atoms with Gasteiger partial charge < -0.3 is 5.32 Å². The van der Waals surface area contributed by atoms with Gasteiger partial charge in [-0.05, 0) is 12.0 Å². The van der Waals surface area contributed by atoms with E-state index in [9.17, 15) is 10.1 Å². The zero-order valence-electron chi connectivity index (χ0n) is 10.4. The van der Waals surface area contributed by atoms with Crippen molar-refractivity contribution in [1.82, 2.24) is 5.32 Å². The summed E-state index contributed by atoms with van der Waals surface area (Å²) in [6.45, 7) is 7.12. The van der Waals surface area contributed by atoms with Crippen LogP contribution in [0.25, 0.3) is 6.08 Å². The number of hydrogen-bond donors (Lipinski definition) is 1. The zero-order chi connectivity index (χ0) is 12.8. The first-order valence-electron chi connectivity index (χ1n) is 5.68. The van der Waals surface area contributed by atoms with Crippen LogP contribution in [-0.2, 0) is 0 Å². The highest BCUT2D eigenvalue weighted by Crippen LogP contribution is 2.24. The molecule has 1 rings (SSSR count). The van der Waals surface area contributed by atoms with Gasteiger partial charge in [-0.3, -0.25) is 10.1 Å². The van der Waals surface area contributed by atoms with Crippen molar-refractivity contribution in [3.05, 3.63) is 32.7 Å². The van der Waals surface area contributed by atoms with Crippen molar-refractivity contribution in [1.29, 1.82) is 0 Å². The minimum absolute atomic E-state index is 0.198. The maximum Gasteiger partial charge on any atom is 0.324 e. The third-order valence-corrected chi connectivity index (χ3v) is 3.25. The van der Waals surface area contributed by atoms with E-state index in [1.54, 1.807) is 6.07 Å². The molecule has 0 saturated heterocycles. The summed E-state index contributed by atoms with van der Waals surface area (Å²) in [7, 11) is 0. The fourth-order valence-electron chi connectivity index (χ4n) is 1.36. The number of nitrogens with zero attached hydrogens (tertiary/aromatic N) is 1. The van der Waals surface area contributed by atoms with Gasteiger partial charge in [0.15, 0.2) is 0 Å². The van der Waals surface area contributed by atoms with Gasteiger partial charge in [-0.2, -0.15) is 0 Å². The summed E-state index contributed by atoms with van der Waals surface area (Å²) in [5, 5.41) is 15.9. The van der Waals surface area contributed by atoms with Gasteiger partial charge in [0.2, 0.25) is 0 Å². The normalized spacial score (nSPS) is 12.1. The van der Waals surface area contributed by atoms with Gasteiger partial charge in [0.05, 0.1) is 4.92 Å². The van der Waals surface area contributed by atoms with E-state index in [4.69, 9.17) is 0 Å². The van der Waals surface area contributed by atoms with E-state index in [0.717, 1.165) is 18.5 Å². The Kier molecular flexibility index (Phi) is 5.31. The van der Waals surface area contributed by atoms with Crippen molar-refractivity contribution in [3.63, 3.8) is 0 Å². The molecule has 5 heteroatoms. The minimum atomic E-state index is -0.347. The maximum absolute atomic E-state index is 10.6. The predicted octanol–water partition coefficient (Wildman–Crippen LogP) is 3.45. The van der Waals surface area contributed by atoms with Gasteiger partial charge in [0.25, 0.3) is 0 Å². The van der Waals surface area contributed by atoms with Crippen molar-refractivity contribution in [3.8, 4) is 0 Å². The highest BCUT2D eigenvalue weighted by molar-refractivity contribution is 7.13. The molecule has 0 radical (unpaired) electrons. The quantitative estimate of drug-likeness (QED) is 0.625. The van der Waals surface area contributed by atoms with Crippen LogP contribution >= 0.6 is 11.3 Å². The summed E-state index contributed by atoms with van der Waals surface area (Å²) in [4.78, 5) is 10.2. The Morgan fingerprint density at radius 3 is 2.82 bits per heavy atom. The van der Waals surface area contributed by atoms with E-state index in [2.05, 4.69) is 26.1 Å². The molecule has 1 aromatic heterocycles. The Hall–Kier alpha value is -1.20. The van der Waals surface area contributed by atoms with Crippen LogP contribution in [-0.4, -0.2) is 17.5 Å². The molecule has 0 amide bonds. The lowest BCUT2D eigenvalue weighted by molar-refractivity contribution is -0.380. The van der Waals surface area contributed by atoms with Crippen LogP contribution in [0, 0.1) is 10.1 Å². The van der Waals surface area contributed by atoms with Gasteiger partial charge in [0, 0.05) is 24.0 Å². The van der Waals surface area contributed by atoms with Gasteiger partial charge in [-0.1, -0.05) is 43.8 Å². The number of nitrogens with one attached hydrogen (secondary N) is 1. The summed E-state index contributed by atoms with van der Waals surface area (Å²) in [5.41, 5.74) is 2.18. The molecule has 0 aromatic carbocycles. The molecule has 1 N–H and O–H groups in total. The Labute approximate surface area is 106 Å². The van der Waals surface area contributed by atoms with Gasteiger partial charge >= 0.3 is 5.00 Å². The molecule has 0 unspecified atom stereocenters. The molecule has 0 atom stereocenters. The molecular weight excluding hydrogens is 236 g/mol. The highest BCUT2D eigenvalue weighted by atomic mass is 32.1. The van der Waals surface area contributed by atoms with Gasteiger partial charge in [0.1, 0.15) is 0 Å². The van der Waals surface area contributed by atoms with Crippen LogP contribution in [0.5, 0.6) is 0 Å². The van der Waals surface area contributed by atoms with E-state index in [1.807, 2.05) is 11.5 Å². The van der Waals surface area contributed by atoms with Crippen molar-refractivity contribution in [2.24, 2.45) is 0 Å². The van der Waals surface area contributed by atoms with Crippen molar-refractivity contribution < 1.29 is 4.92 Å². The Morgan fingerprint density at radius 2 is 2.35 bits per heavy atom. The first kappa shape index (κ1) is 13.9. The number of hydrogen-bond acceptors (Lipinski definition) is 4. The molecule has 17 heavy (non-hydrogen) atoms. The second kappa shape index (κ2) is 6.51. The van der Waals surface area contributed by atoms with Crippen LogP contribution in [0.2, 0.25) is 0 Å². The number of nitro groups is 1. The Morgan fingerprint density at radius 1 is 1.65 bits per heavy atom. The molecule has 94 valence electrons. The van der Waals surface area contributed by atoms with Gasteiger partial charge in [-0.15, -0.1) is 0 Å². The van der Waals surface area contributed by atoms with Crippen molar-refractivity contribution in [2.45, 2.75) is 33.2 Å². The molecule has 0 aliphatic carbocycles. The van der Waals surface area contributed by atoms with Crippen molar-refractivity contribution in [2.75, 3.05) is 6.54 Å². The largest absolute Gasteiger partial charge is 0.324 e.